The highest BCUT2D eigenvalue weighted by Crippen LogP contribution is 2.15. The summed E-state index contributed by atoms with van der Waals surface area (Å²) in [6.45, 7) is 6.49. The molecule has 0 amide bonds. The zero-order chi connectivity index (χ0) is 43.0. The van der Waals surface area contributed by atoms with Crippen LogP contribution < -0.4 is 0 Å². The standard InChI is InChI=1S/C53H94O6/c1-4-7-10-13-16-19-22-25-28-31-34-37-40-43-46-52(55)58-49-50(48-57-51(54)45-42-39-36-33-30-27-24-21-18-15-12-9-6-3)59-53(56)47-44-41-38-35-32-29-26-23-20-17-14-11-8-5-2/h9,12,18,21-22,25,27,30,50H,4-8,10-11,13-17,19-20,23-24,26,28-29,31-49H2,1-3H3/b12-9-,21-18-,25-22-,30-27-. The van der Waals surface area contributed by atoms with Crippen molar-refractivity contribution in [1.82, 2.24) is 0 Å². The summed E-state index contributed by atoms with van der Waals surface area (Å²) < 4.78 is 16.7. The molecule has 0 aliphatic rings. The van der Waals surface area contributed by atoms with Gasteiger partial charge in [0.2, 0.25) is 0 Å². The predicted octanol–water partition coefficient (Wildman–Crippen LogP) is 16.3. The lowest BCUT2D eigenvalue weighted by Crippen LogP contribution is -2.30. The molecule has 6 heteroatoms. The molecule has 1 atom stereocenters. The van der Waals surface area contributed by atoms with Gasteiger partial charge in [0.1, 0.15) is 13.2 Å². The molecule has 0 saturated heterocycles. The fourth-order valence-corrected chi connectivity index (χ4v) is 7.04. The first-order valence-electron chi connectivity index (χ1n) is 25.1. The van der Waals surface area contributed by atoms with E-state index >= 15 is 0 Å². The van der Waals surface area contributed by atoms with Crippen LogP contribution >= 0.6 is 0 Å². The summed E-state index contributed by atoms with van der Waals surface area (Å²) in [7, 11) is 0. The van der Waals surface area contributed by atoms with Crippen LogP contribution in [0.2, 0.25) is 0 Å². The molecular formula is C53H94O6. The van der Waals surface area contributed by atoms with Crippen molar-refractivity contribution in [2.24, 2.45) is 0 Å². The second-order valence-electron chi connectivity index (χ2n) is 16.7. The number of carbonyl (C=O) groups is 3. The Kier molecular flexibility index (Phi) is 45.9. The van der Waals surface area contributed by atoms with Crippen molar-refractivity contribution in [1.29, 1.82) is 0 Å². The lowest BCUT2D eigenvalue weighted by molar-refractivity contribution is -0.167. The van der Waals surface area contributed by atoms with Gasteiger partial charge in [-0.3, -0.25) is 14.4 Å². The van der Waals surface area contributed by atoms with Gasteiger partial charge >= 0.3 is 17.9 Å². The van der Waals surface area contributed by atoms with Crippen molar-refractivity contribution in [2.75, 3.05) is 13.2 Å². The fraction of sp³-hybridized carbons (Fsp3) is 0.792. The zero-order valence-electron chi connectivity index (χ0n) is 39.0. The zero-order valence-corrected chi connectivity index (χ0v) is 39.0. The Bertz CT molecular complexity index is 1040. The molecular weight excluding hydrogens is 733 g/mol. The third kappa shape index (κ3) is 46.3. The summed E-state index contributed by atoms with van der Waals surface area (Å²) in [6, 6.07) is 0. The summed E-state index contributed by atoms with van der Waals surface area (Å²) in [6.07, 6.45) is 56.6. The highest BCUT2D eigenvalue weighted by atomic mass is 16.6. The van der Waals surface area contributed by atoms with Crippen LogP contribution in [0.3, 0.4) is 0 Å². The number of hydrogen-bond donors (Lipinski definition) is 0. The first kappa shape index (κ1) is 56.4. The van der Waals surface area contributed by atoms with Gasteiger partial charge in [-0.15, -0.1) is 0 Å². The Morgan fingerprint density at radius 2 is 0.661 bits per heavy atom. The maximum Gasteiger partial charge on any atom is 0.306 e. The van der Waals surface area contributed by atoms with Crippen molar-refractivity contribution in [3.8, 4) is 0 Å². The number of hydrogen-bond acceptors (Lipinski definition) is 6. The smallest absolute Gasteiger partial charge is 0.306 e. The molecule has 0 N–H and O–H groups in total. The molecule has 0 heterocycles. The Balaban J connectivity index is 4.41. The predicted molar refractivity (Wildman–Crippen MR) is 252 cm³/mol. The lowest BCUT2D eigenvalue weighted by atomic mass is 10.0. The Labute approximate surface area is 365 Å². The molecule has 0 aromatic carbocycles. The van der Waals surface area contributed by atoms with Gasteiger partial charge in [-0.1, -0.05) is 204 Å². The number of allylic oxidation sites excluding steroid dienone is 8. The lowest BCUT2D eigenvalue weighted by Gasteiger charge is -2.18. The molecule has 0 aliphatic heterocycles. The summed E-state index contributed by atoms with van der Waals surface area (Å²) in [4.78, 5) is 37.9. The summed E-state index contributed by atoms with van der Waals surface area (Å²) >= 11 is 0. The van der Waals surface area contributed by atoms with Gasteiger partial charge in [0, 0.05) is 19.3 Å². The largest absolute Gasteiger partial charge is 0.462 e. The van der Waals surface area contributed by atoms with Gasteiger partial charge in [-0.2, -0.15) is 0 Å². The maximum atomic E-state index is 12.8. The number of unbranched alkanes of at least 4 members (excludes halogenated alkanes) is 26. The van der Waals surface area contributed by atoms with E-state index in [0.29, 0.717) is 19.3 Å². The topological polar surface area (TPSA) is 78.9 Å². The molecule has 1 unspecified atom stereocenters. The molecule has 0 aliphatic carbocycles. The molecule has 59 heavy (non-hydrogen) atoms. The monoisotopic (exact) mass is 827 g/mol. The molecule has 6 nitrogen and oxygen atoms in total. The van der Waals surface area contributed by atoms with Crippen LogP contribution in [0.25, 0.3) is 0 Å². The van der Waals surface area contributed by atoms with Crippen molar-refractivity contribution in [3.05, 3.63) is 48.6 Å². The fourth-order valence-electron chi connectivity index (χ4n) is 7.04. The van der Waals surface area contributed by atoms with E-state index in [-0.39, 0.29) is 31.1 Å². The van der Waals surface area contributed by atoms with E-state index in [4.69, 9.17) is 14.2 Å². The molecule has 0 fully saturated rings. The number of ether oxygens (including phenoxy) is 3. The first-order chi connectivity index (χ1) is 29.0. The second-order valence-corrected chi connectivity index (χ2v) is 16.7. The summed E-state index contributed by atoms with van der Waals surface area (Å²) in [5, 5.41) is 0. The SMILES string of the molecule is CC/C=C\C/C=C\C/C=C\CCCCCC(=O)OCC(COC(=O)CCCCCCC/C=C\CCCCCCC)OC(=O)CCCCCCCCCCCCCCCC. The molecule has 0 rings (SSSR count). The summed E-state index contributed by atoms with van der Waals surface area (Å²) in [5.74, 6) is -0.916. The minimum absolute atomic E-state index is 0.0848. The van der Waals surface area contributed by atoms with E-state index in [1.165, 1.54) is 122 Å². The third-order valence-corrected chi connectivity index (χ3v) is 10.8. The second kappa shape index (κ2) is 48.0. The minimum Gasteiger partial charge on any atom is -0.462 e. The summed E-state index contributed by atoms with van der Waals surface area (Å²) in [5.41, 5.74) is 0. The Hall–Kier alpha value is -2.63. The quantitative estimate of drug-likeness (QED) is 0.0263. The van der Waals surface area contributed by atoms with Crippen molar-refractivity contribution >= 4 is 17.9 Å². The average molecular weight is 827 g/mol. The molecule has 0 saturated carbocycles. The van der Waals surface area contributed by atoms with Gasteiger partial charge in [-0.25, -0.2) is 0 Å². The van der Waals surface area contributed by atoms with Crippen LogP contribution in [0.4, 0.5) is 0 Å². The molecule has 342 valence electrons. The minimum atomic E-state index is -0.784. The van der Waals surface area contributed by atoms with Crippen LogP contribution in [-0.4, -0.2) is 37.2 Å². The van der Waals surface area contributed by atoms with E-state index in [2.05, 4.69) is 69.4 Å². The van der Waals surface area contributed by atoms with Gasteiger partial charge in [0.25, 0.3) is 0 Å². The first-order valence-corrected chi connectivity index (χ1v) is 25.1. The van der Waals surface area contributed by atoms with Crippen LogP contribution in [-0.2, 0) is 28.6 Å². The van der Waals surface area contributed by atoms with E-state index in [1.54, 1.807) is 0 Å². The van der Waals surface area contributed by atoms with E-state index in [1.807, 2.05) is 0 Å². The van der Waals surface area contributed by atoms with Crippen molar-refractivity contribution in [2.45, 2.75) is 258 Å². The van der Waals surface area contributed by atoms with Gasteiger partial charge in [-0.05, 0) is 77.0 Å². The highest BCUT2D eigenvalue weighted by molar-refractivity contribution is 5.71. The van der Waals surface area contributed by atoms with E-state index < -0.39 is 6.10 Å². The van der Waals surface area contributed by atoms with Crippen LogP contribution in [0, 0.1) is 0 Å². The molecule has 0 bridgehead atoms. The Morgan fingerprint density at radius 1 is 0.356 bits per heavy atom. The average Bonchev–Trinajstić information content (AvgIpc) is 3.23. The van der Waals surface area contributed by atoms with E-state index in [0.717, 1.165) is 89.9 Å². The Morgan fingerprint density at radius 3 is 1.07 bits per heavy atom. The molecule has 0 aromatic rings. The molecule has 0 spiro atoms. The van der Waals surface area contributed by atoms with Gasteiger partial charge in [0.05, 0.1) is 0 Å². The maximum absolute atomic E-state index is 12.8. The third-order valence-electron chi connectivity index (χ3n) is 10.8. The van der Waals surface area contributed by atoms with Crippen LogP contribution in [0.5, 0.6) is 0 Å². The molecule has 0 radical (unpaired) electrons. The van der Waals surface area contributed by atoms with Crippen molar-refractivity contribution in [3.63, 3.8) is 0 Å². The number of esters is 3. The van der Waals surface area contributed by atoms with Crippen LogP contribution in [0.1, 0.15) is 252 Å². The van der Waals surface area contributed by atoms with Crippen molar-refractivity contribution < 1.29 is 28.6 Å². The van der Waals surface area contributed by atoms with E-state index in [9.17, 15) is 14.4 Å². The van der Waals surface area contributed by atoms with Gasteiger partial charge in [0.15, 0.2) is 6.10 Å². The number of carbonyl (C=O) groups excluding carboxylic acids is 3. The van der Waals surface area contributed by atoms with Gasteiger partial charge < -0.3 is 14.2 Å². The van der Waals surface area contributed by atoms with Crippen LogP contribution in [0.15, 0.2) is 48.6 Å². The molecule has 0 aromatic heterocycles. The normalized spacial score (nSPS) is 12.4. The highest BCUT2D eigenvalue weighted by Gasteiger charge is 2.19. The number of rotatable bonds is 45.